The van der Waals surface area contributed by atoms with Gasteiger partial charge in [-0.2, -0.15) is 4.31 Å². The van der Waals surface area contributed by atoms with Crippen molar-refractivity contribution < 1.29 is 17.6 Å². The molecule has 0 saturated carbocycles. The predicted octanol–water partition coefficient (Wildman–Crippen LogP) is 0.0147. The lowest BCUT2D eigenvalue weighted by atomic mass is 10.3. The zero-order valence-corrected chi connectivity index (χ0v) is 10.5. The molecule has 0 radical (unpaired) electrons. The van der Waals surface area contributed by atoms with E-state index in [1.807, 2.05) is 0 Å². The summed E-state index contributed by atoms with van der Waals surface area (Å²) in [7, 11) is -3.22. The fourth-order valence-corrected chi connectivity index (χ4v) is 2.73. The van der Waals surface area contributed by atoms with E-state index in [4.69, 9.17) is 11.6 Å². The molecule has 1 heterocycles. The van der Waals surface area contributed by atoms with Crippen LogP contribution in [0, 0.1) is 0 Å². The Balaban J connectivity index is 2.55. The summed E-state index contributed by atoms with van der Waals surface area (Å²) in [5, 5.41) is 0. The molecule has 1 atom stereocenters. The SMILES string of the molecule is CCS(=O)(=O)N1CCN(C(=O)C(F)Cl)CC1. The molecule has 1 unspecified atom stereocenters. The number of amides is 1. The number of nitrogens with zero attached hydrogens (tertiary/aromatic N) is 2. The normalized spacial score (nSPS) is 20.8. The second-order valence-corrected chi connectivity index (χ2v) is 6.07. The van der Waals surface area contributed by atoms with Crippen LogP contribution in [0.5, 0.6) is 0 Å². The summed E-state index contributed by atoms with van der Waals surface area (Å²) in [6.07, 6.45) is 0. The second-order valence-electron chi connectivity index (χ2n) is 3.43. The van der Waals surface area contributed by atoms with E-state index in [1.165, 1.54) is 9.21 Å². The highest BCUT2D eigenvalue weighted by Gasteiger charge is 2.29. The average molecular weight is 273 g/mol. The largest absolute Gasteiger partial charge is 0.336 e. The lowest BCUT2D eigenvalue weighted by Crippen LogP contribution is -2.52. The fourth-order valence-electron chi connectivity index (χ4n) is 1.51. The highest BCUT2D eigenvalue weighted by molar-refractivity contribution is 7.89. The Labute approximate surface area is 99.2 Å². The quantitative estimate of drug-likeness (QED) is 0.681. The van der Waals surface area contributed by atoms with Gasteiger partial charge in [0.15, 0.2) is 0 Å². The first-order chi connectivity index (χ1) is 7.38. The molecule has 0 aliphatic carbocycles. The molecule has 1 rings (SSSR count). The average Bonchev–Trinajstić information content (AvgIpc) is 2.28. The molecule has 0 spiro atoms. The van der Waals surface area contributed by atoms with Gasteiger partial charge in [0.2, 0.25) is 10.0 Å². The molecule has 0 N–H and O–H groups in total. The minimum Gasteiger partial charge on any atom is -0.336 e. The zero-order valence-electron chi connectivity index (χ0n) is 8.90. The highest BCUT2D eigenvalue weighted by atomic mass is 35.5. The van der Waals surface area contributed by atoms with Crippen LogP contribution in [0.15, 0.2) is 0 Å². The van der Waals surface area contributed by atoms with Gasteiger partial charge in [0.05, 0.1) is 5.75 Å². The van der Waals surface area contributed by atoms with Crippen LogP contribution in [0.2, 0.25) is 0 Å². The van der Waals surface area contributed by atoms with Gasteiger partial charge in [-0.25, -0.2) is 12.8 Å². The lowest BCUT2D eigenvalue weighted by Gasteiger charge is -2.33. The van der Waals surface area contributed by atoms with Gasteiger partial charge in [-0.3, -0.25) is 4.79 Å². The van der Waals surface area contributed by atoms with Crippen LogP contribution in [0.25, 0.3) is 0 Å². The van der Waals surface area contributed by atoms with Crippen LogP contribution >= 0.6 is 11.6 Å². The number of piperazine rings is 1. The minimum absolute atomic E-state index is 0.0299. The number of halogens is 2. The van der Waals surface area contributed by atoms with Crippen molar-refractivity contribution in [3.63, 3.8) is 0 Å². The van der Waals surface area contributed by atoms with E-state index >= 15 is 0 Å². The number of hydrogen-bond donors (Lipinski definition) is 0. The Morgan fingerprint density at radius 3 is 2.25 bits per heavy atom. The predicted molar refractivity (Wildman–Crippen MR) is 58.4 cm³/mol. The number of sulfonamides is 1. The molecule has 0 aromatic heterocycles. The van der Waals surface area contributed by atoms with Crippen LogP contribution in [0.1, 0.15) is 6.92 Å². The Hall–Kier alpha value is -0.400. The van der Waals surface area contributed by atoms with Gasteiger partial charge in [-0.15, -0.1) is 0 Å². The Morgan fingerprint density at radius 1 is 1.38 bits per heavy atom. The summed E-state index contributed by atoms with van der Waals surface area (Å²) in [5.41, 5.74) is -2.05. The molecule has 16 heavy (non-hydrogen) atoms. The third-order valence-electron chi connectivity index (χ3n) is 2.50. The molecule has 1 fully saturated rings. The third kappa shape index (κ3) is 3.05. The van der Waals surface area contributed by atoms with E-state index in [9.17, 15) is 17.6 Å². The van der Waals surface area contributed by atoms with E-state index in [1.54, 1.807) is 6.92 Å². The molecule has 8 heteroatoms. The van der Waals surface area contributed by atoms with Crippen molar-refractivity contribution in [2.75, 3.05) is 31.9 Å². The molecule has 1 amide bonds. The first-order valence-corrected chi connectivity index (χ1v) is 6.98. The fraction of sp³-hybridized carbons (Fsp3) is 0.875. The molecule has 5 nitrogen and oxygen atoms in total. The molecule has 0 aromatic rings. The third-order valence-corrected chi connectivity index (χ3v) is 4.56. The molecular weight excluding hydrogens is 259 g/mol. The van der Waals surface area contributed by atoms with Crippen molar-refractivity contribution >= 4 is 27.5 Å². The van der Waals surface area contributed by atoms with E-state index in [0.29, 0.717) is 0 Å². The molecule has 0 bridgehead atoms. The Morgan fingerprint density at radius 2 is 1.88 bits per heavy atom. The van der Waals surface area contributed by atoms with E-state index in [-0.39, 0.29) is 31.9 Å². The minimum atomic E-state index is -3.22. The zero-order chi connectivity index (χ0) is 12.3. The van der Waals surface area contributed by atoms with Gasteiger partial charge in [0.25, 0.3) is 11.5 Å². The van der Waals surface area contributed by atoms with Gasteiger partial charge in [0, 0.05) is 26.2 Å². The van der Waals surface area contributed by atoms with Crippen LogP contribution in [0.3, 0.4) is 0 Å². The van der Waals surface area contributed by atoms with Crippen molar-refractivity contribution in [3.8, 4) is 0 Å². The first kappa shape index (κ1) is 13.7. The number of carbonyl (C=O) groups excluding carboxylic acids is 1. The van der Waals surface area contributed by atoms with Gasteiger partial charge in [-0.05, 0) is 6.92 Å². The summed E-state index contributed by atoms with van der Waals surface area (Å²) in [4.78, 5) is 12.4. The molecule has 94 valence electrons. The smallest absolute Gasteiger partial charge is 0.272 e. The molecule has 1 saturated heterocycles. The maximum absolute atomic E-state index is 12.5. The van der Waals surface area contributed by atoms with Crippen molar-refractivity contribution in [2.24, 2.45) is 0 Å². The standard InChI is InChI=1S/C8H14ClFN2O3S/c1-2-16(14,15)12-5-3-11(4-6-12)8(13)7(9)10/h7H,2-6H2,1H3. The van der Waals surface area contributed by atoms with Gasteiger partial charge < -0.3 is 4.90 Å². The Kier molecular flexibility index (Phi) is 4.52. The van der Waals surface area contributed by atoms with Crippen LogP contribution in [0.4, 0.5) is 4.39 Å². The topological polar surface area (TPSA) is 57.7 Å². The molecule has 0 aromatic carbocycles. The number of rotatable bonds is 3. The van der Waals surface area contributed by atoms with Crippen molar-refractivity contribution in [1.29, 1.82) is 0 Å². The summed E-state index contributed by atoms with van der Waals surface area (Å²) in [5.74, 6) is -0.766. The van der Waals surface area contributed by atoms with Gasteiger partial charge in [0.1, 0.15) is 0 Å². The van der Waals surface area contributed by atoms with E-state index in [0.717, 1.165) is 0 Å². The highest BCUT2D eigenvalue weighted by Crippen LogP contribution is 2.11. The van der Waals surface area contributed by atoms with Crippen LogP contribution in [-0.4, -0.2) is 61.1 Å². The maximum Gasteiger partial charge on any atom is 0.272 e. The first-order valence-electron chi connectivity index (χ1n) is 4.93. The maximum atomic E-state index is 12.5. The summed E-state index contributed by atoms with van der Waals surface area (Å²) in [6, 6.07) is 0. The number of hydrogen-bond acceptors (Lipinski definition) is 3. The van der Waals surface area contributed by atoms with Crippen LogP contribution in [-0.2, 0) is 14.8 Å². The van der Waals surface area contributed by atoms with Gasteiger partial charge in [-0.1, -0.05) is 11.6 Å². The summed E-state index contributed by atoms with van der Waals surface area (Å²) < 4.78 is 36.8. The summed E-state index contributed by atoms with van der Waals surface area (Å²) >= 11 is 5.03. The number of alkyl halides is 2. The van der Waals surface area contributed by atoms with Crippen molar-refractivity contribution in [3.05, 3.63) is 0 Å². The Bertz CT molecular complexity index is 352. The van der Waals surface area contributed by atoms with E-state index < -0.39 is 21.6 Å². The van der Waals surface area contributed by atoms with Gasteiger partial charge >= 0.3 is 0 Å². The number of carbonyl (C=O) groups is 1. The van der Waals surface area contributed by atoms with Crippen LogP contribution < -0.4 is 0 Å². The monoisotopic (exact) mass is 272 g/mol. The lowest BCUT2D eigenvalue weighted by molar-refractivity contribution is -0.134. The summed E-state index contributed by atoms with van der Waals surface area (Å²) in [6.45, 7) is 2.33. The molecule has 1 aliphatic heterocycles. The molecular formula is C8H14ClFN2O3S. The molecule has 1 aliphatic rings. The second kappa shape index (κ2) is 5.29. The van der Waals surface area contributed by atoms with Crippen molar-refractivity contribution in [2.45, 2.75) is 12.6 Å². The van der Waals surface area contributed by atoms with Crippen molar-refractivity contribution in [1.82, 2.24) is 9.21 Å². The van der Waals surface area contributed by atoms with E-state index in [2.05, 4.69) is 0 Å².